The summed E-state index contributed by atoms with van der Waals surface area (Å²) in [5.74, 6) is 0.0635. The zero-order valence-corrected chi connectivity index (χ0v) is 6.02. The van der Waals surface area contributed by atoms with Crippen LogP contribution in [0.3, 0.4) is 0 Å². The number of hydrogen-bond acceptors (Lipinski definition) is 3. The molecule has 1 aliphatic rings. The van der Waals surface area contributed by atoms with Crippen LogP contribution in [0.15, 0.2) is 4.99 Å². The van der Waals surface area contributed by atoms with Gasteiger partial charge in [0.2, 0.25) is 5.96 Å². The standard InChI is InChI=1S/C3H5Cl2N4/c4-8-1-7-3(6)9(5)2-8/h6H,1-2H2. The summed E-state index contributed by atoms with van der Waals surface area (Å²) >= 11 is 10.9. The molecule has 1 N–H and O–H groups in total. The van der Waals surface area contributed by atoms with Crippen molar-refractivity contribution in [2.45, 2.75) is 0 Å². The van der Waals surface area contributed by atoms with Crippen molar-refractivity contribution in [3.8, 4) is 0 Å². The van der Waals surface area contributed by atoms with Crippen molar-refractivity contribution in [1.29, 1.82) is 0 Å². The largest absolute Gasteiger partial charge is 0.266 e. The first-order valence-electron chi connectivity index (χ1n) is 2.30. The number of halogens is 2. The molecule has 0 atom stereocenters. The van der Waals surface area contributed by atoms with Gasteiger partial charge in [0.15, 0.2) is 0 Å². The summed E-state index contributed by atoms with van der Waals surface area (Å²) in [5, 5.41) is 0. The Morgan fingerprint density at radius 1 is 1.56 bits per heavy atom. The fourth-order valence-electron chi connectivity index (χ4n) is 0.467. The highest BCUT2D eigenvalue weighted by molar-refractivity contribution is 6.22. The SMILES string of the molecule is [NH]C1=NCN(Cl)CN1Cl. The van der Waals surface area contributed by atoms with Crippen molar-refractivity contribution in [2.24, 2.45) is 4.99 Å². The van der Waals surface area contributed by atoms with E-state index >= 15 is 0 Å². The van der Waals surface area contributed by atoms with Crippen LogP contribution in [-0.2, 0) is 0 Å². The highest BCUT2D eigenvalue weighted by Gasteiger charge is 2.14. The zero-order chi connectivity index (χ0) is 6.85. The molecule has 1 radical (unpaired) electrons. The normalized spacial score (nSPS) is 22.0. The van der Waals surface area contributed by atoms with Gasteiger partial charge in [-0.15, -0.1) is 0 Å². The first kappa shape index (κ1) is 6.92. The molecule has 0 fully saturated rings. The van der Waals surface area contributed by atoms with Crippen molar-refractivity contribution < 1.29 is 0 Å². The number of nitrogens with zero attached hydrogens (tertiary/aromatic N) is 3. The molecule has 0 aromatic rings. The van der Waals surface area contributed by atoms with Gasteiger partial charge >= 0.3 is 0 Å². The molecule has 1 heterocycles. The van der Waals surface area contributed by atoms with Crippen LogP contribution in [-0.4, -0.2) is 28.1 Å². The topological polar surface area (TPSA) is 42.6 Å². The highest BCUT2D eigenvalue weighted by atomic mass is 35.5. The van der Waals surface area contributed by atoms with Crippen molar-refractivity contribution in [2.75, 3.05) is 13.3 Å². The van der Waals surface area contributed by atoms with E-state index < -0.39 is 0 Å². The predicted molar refractivity (Wildman–Crippen MR) is 35.6 cm³/mol. The van der Waals surface area contributed by atoms with Crippen molar-refractivity contribution in [3.63, 3.8) is 0 Å². The molecule has 0 spiro atoms. The maximum Gasteiger partial charge on any atom is 0.230 e. The van der Waals surface area contributed by atoms with E-state index in [0.717, 1.165) is 4.42 Å². The minimum atomic E-state index is 0.0635. The van der Waals surface area contributed by atoms with Crippen molar-refractivity contribution in [1.82, 2.24) is 14.6 Å². The first-order valence-corrected chi connectivity index (χ1v) is 2.98. The highest BCUT2D eigenvalue weighted by Crippen LogP contribution is 2.06. The Bertz CT molecular complexity index is 136. The molecule has 0 aliphatic carbocycles. The van der Waals surface area contributed by atoms with Crippen LogP contribution in [0, 0.1) is 0 Å². The van der Waals surface area contributed by atoms with Gasteiger partial charge in [0, 0.05) is 11.8 Å². The van der Waals surface area contributed by atoms with Crippen LogP contribution in [0.2, 0.25) is 0 Å². The monoisotopic (exact) mass is 167 g/mol. The lowest BCUT2D eigenvalue weighted by molar-refractivity contribution is 0.359. The summed E-state index contributed by atoms with van der Waals surface area (Å²) in [6.45, 7) is 0.676. The molecule has 0 aromatic heterocycles. The molecule has 0 saturated carbocycles. The summed E-state index contributed by atoms with van der Waals surface area (Å²) in [6, 6.07) is 0. The van der Waals surface area contributed by atoms with Gasteiger partial charge in [0.1, 0.15) is 13.3 Å². The lowest BCUT2D eigenvalue weighted by atomic mass is 10.8. The molecule has 51 valence electrons. The second-order valence-electron chi connectivity index (χ2n) is 1.59. The maximum atomic E-state index is 7.03. The lowest BCUT2D eigenvalue weighted by Crippen LogP contribution is -2.37. The molecule has 0 bridgehead atoms. The molecule has 1 aliphatic heterocycles. The van der Waals surface area contributed by atoms with Gasteiger partial charge in [-0.25, -0.2) is 9.41 Å². The molecule has 0 amide bonds. The third-order valence-electron chi connectivity index (χ3n) is 0.881. The van der Waals surface area contributed by atoms with Gasteiger partial charge in [-0.2, -0.15) is 4.42 Å². The zero-order valence-electron chi connectivity index (χ0n) is 4.51. The third-order valence-corrected chi connectivity index (χ3v) is 1.36. The Kier molecular flexibility index (Phi) is 2.00. The summed E-state index contributed by atoms with van der Waals surface area (Å²) in [6.07, 6.45) is 0. The summed E-state index contributed by atoms with van der Waals surface area (Å²) < 4.78 is 2.52. The van der Waals surface area contributed by atoms with Crippen LogP contribution in [0.1, 0.15) is 0 Å². The molecule has 1 rings (SSSR count). The third kappa shape index (κ3) is 1.61. The van der Waals surface area contributed by atoms with Gasteiger partial charge in [-0.3, -0.25) is 5.73 Å². The number of aliphatic imine (C=N–C) groups is 1. The Hall–Kier alpha value is -0.190. The van der Waals surface area contributed by atoms with Gasteiger partial charge < -0.3 is 0 Å². The fourth-order valence-corrected chi connectivity index (χ4v) is 0.864. The smallest absolute Gasteiger partial charge is 0.230 e. The molecule has 0 unspecified atom stereocenters. The van der Waals surface area contributed by atoms with Crippen LogP contribution in [0.5, 0.6) is 0 Å². The second kappa shape index (κ2) is 2.60. The van der Waals surface area contributed by atoms with Gasteiger partial charge in [0.25, 0.3) is 0 Å². The van der Waals surface area contributed by atoms with Crippen LogP contribution in [0.25, 0.3) is 0 Å². The number of rotatable bonds is 0. The minimum Gasteiger partial charge on any atom is -0.266 e. The van der Waals surface area contributed by atoms with E-state index in [-0.39, 0.29) is 5.96 Å². The molecule has 0 aromatic carbocycles. The second-order valence-corrected chi connectivity index (χ2v) is 2.48. The van der Waals surface area contributed by atoms with Crippen LogP contribution >= 0.6 is 23.6 Å². The fraction of sp³-hybridized carbons (Fsp3) is 0.667. The van der Waals surface area contributed by atoms with E-state index in [1.54, 1.807) is 0 Å². The molecular formula is C3H5Cl2N4. The Morgan fingerprint density at radius 3 is 2.67 bits per heavy atom. The Morgan fingerprint density at radius 2 is 2.22 bits per heavy atom. The maximum absolute atomic E-state index is 7.03. The van der Waals surface area contributed by atoms with Gasteiger partial charge in [-0.1, -0.05) is 0 Å². The van der Waals surface area contributed by atoms with Gasteiger partial charge in [0.05, 0.1) is 0 Å². The van der Waals surface area contributed by atoms with Crippen LogP contribution < -0.4 is 5.73 Å². The molecule has 6 heteroatoms. The predicted octanol–water partition coefficient (Wildman–Crippen LogP) is 0.465. The van der Waals surface area contributed by atoms with Gasteiger partial charge in [-0.05, 0) is 11.8 Å². The molecule has 9 heavy (non-hydrogen) atoms. The first-order chi connectivity index (χ1) is 4.20. The Labute approximate surface area is 63.0 Å². The van der Waals surface area contributed by atoms with E-state index in [4.69, 9.17) is 29.3 Å². The Balaban J connectivity index is 2.56. The van der Waals surface area contributed by atoms with Crippen molar-refractivity contribution in [3.05, 3.63) is 0 Å². The summed E-state index contributed by atoms with van der Waals surface area (Å²) in [4.78, 5) is 3.66. The van der Waals surface area contributed by atoms with E-state index in [0.29, 0.717) is 13.3 Å². The molecule has 4 nitrogen and oxygen atoms in total. The van der Waals surface area contributed by atoms with Crippen molar-refractivity contribution >= 4 is 29.5 Å². The number of hydrogen-bond donors (Lipinski definition) is 0. The van der Waals surface area contributed by atoms with E-state index in [1.165, 1.54) is 4.42 Å². The van der Waals surface area contributed by atoms with E-state index in [9.17, 15) is 0 Å². The lowest BCUT2D eigenvalue weighted by Gasteiger charge is -2.23. The average molecular weight is 168 g/mol. The average Bonchev–Trinajstić information content (AvgIpc) is 1.80. The minimum absolute atomic E-state index is 0.0635. The molecule has 0 saturated heterocycles. The number of guanidine groups is 1. The number of nitrogens with one attached hydrogen (secondary N) is 1. The van der Waals surface area contributed by atoms with E-state index in [1.807, 2.05) is 0 Å². The van der Waals surface area contributed by atoms with E-state index in [2.05, 4.69) is 4.99 Å². The summed E-state index contributed by atoms with van der Waals surface area (Å²) in [5.41, 5.74) is 7.03. The summed E-state index contributed by atoms with van der Waals surface area (Å²) in [7, 11) is 0. The van der Waals surface area contributed by atoms with Crippen LogP contribution in [0.4, 0.5) is 0 Å². The quantitative estimate of drug-likeness (QED) is 0.493. The molecular weight excluding hydrogens is 163 g/mol.